The minimum atomic E-state index is 0.117. The van der Waals surface area contributed by atoms with E-state index in [4.69, 9.17) is 46.0 Å². The summed E-state index contributed by atoms with van der Waals surface area (Å²) in [6.07, 6.45) is 6.86. The van der Waals surface area contributed by atoms with Gasteiger partial charge >= 0.3 is 0 Å². The van der Waals surface area contributed by atoms with Crippen LogP contribution in [-0.2, 0) is 0 Å². The van der Waals surface area contributed by atoms with Gasteiger partial charge in [0.05, 0.1) is 16.7 Å². The molecule has 0 N–H and O–H groups in total. The summed E-state index contributed by atoms with van der Waals surface area (Å²) in [6.45, 7) is 0.117. The van der Waals surface area contributed by atoms with Gasteiger partial charge < -0.3 is 4.74 Å². The molecule has 0 atom stereocenters. The van der Waals surface area contributed by atoms with Gasteiger partial charge in [-0.2, -0.15) is 5.26 Å². The average molecular weight is 363 g/mol. The van der Waals surface area contributed by atoms with Crippen LogP contribution >= 0.6 is 34.8 Å². The molecule has 0 amide bonds. The number of nitrogens with zero attached hydrogens (tertiary/aromatic N) is 1. The Morgan fingerprint density at radius 2 is 1.83 bits per heavy atom. The number of halogens is 3. The van der Waals surface area contributed by atoms with Crippen molar-refractivity contribution in [3.8, 4) is 24.2 Å². The van der Waals surface area contributed by atoms with Gasteiger partial charge in [0, 0.05) is 21.2 Å². The van der Waals surface area contributed by atoms with E-state index >= 15 is 0 Å². The van der Waals surface area contributed by atoms with Gasteiger partial charge in [-0.05, 0) is 36.4 Å². The molecular formula is C18H10Cl3NO. The van der Waals surface area contributed by atoms with Crippen LogP contribution in [0.2, 0.25) is 15.1 Å². The molecule has 0 saturated carbocycles. The molecule has 0 spiro atoms. The molecule has 0 bridgehead atoms. The summed E-state index contributed by atoms with van der Waals surface area (Å²) in [5.74, 6) is 2.93. The fourth-order valence-corrected chi connectivity index (χ4v) is 2.61. The fourth-order valence-electron chi connectivity index (χ4n) is 1.92. The van der Waals surface area contributed by atoms with Crippen LogP contribution in [0.1, 0.15) is 11.1 Å². The molecule has 0 unspecified atom stereocenters. The minimum absolute atomic E-state index is 0.117. The number of hydrogen-bond donors (Lipinski definition) is 0. The van der Waals surface area contributed by atoms with Gasteiger partial charge in [0.25, 0.3) is 0 Å². The summed E-state index contributed by atoms with van der Waals surface area (Å²) in [5.41, 5.74) is 1.57. The van der Waals surface area contributed by atoms with Crippen LogP contribution in [0.15, 0.2) is 36.4 Å². The smallest absolute Gasteiger partial charge is 0.148 e. The van der Waals surface area contributed by atoms with Crippen LogP contribution in [0.5, 0.6) is 5.75 Å². The van der Waals surface area contributed by atoms with Crippen LogP contribution in [0.25, 0.3) is 11.6 Å². The summed E-state index contributed by atoms with van der Waals surface area (Å²) in [4.78, 5) is 0. The van der Waals surface area contributed by atoms with Crippen molar-refractivity contribution in [3.05, 3.63) is 62.6 Å². The zero-order valence-corrected chi connectivity index (χ0v) is 14.1. The van der Waals surface area contributed by atoms with Crippen LogP contribution in [0.4, 0.5) is 0 Å². The summed E-state index contributed by atoms with van der Waals surface area (Å²) in [7, 11) is 0. The molecule has 2 aromatic rings. The molecule has 0 heterocycles. The quantitative estimate of drug-likeness (QED) is 0.396. The van der Waals surface area contributed by atoms with E-state index in [1.165, 1.54) is 0 Å². The number of terminal acetylenes is 1. The predicted octanol–water partition coefficient (Wildman–Crippen LogP) is 5.72. The first-order valence-electron chi connectivity index (χ1n) is 6.48. The standard InChI is InChI=1S/C18H10Cl3NO/c1-2-7-23-18-6-4-14(19)9-12(18)8-13(11-22)16-5-3-15(20)10-17(16)21/h1,3-6,8-10H,7H2/b13-8+. The van der Waals surface area contributed by atoms with Gasteiger partial charge in [-0.1, -0.05) is 46.8 Å². The van der Waals surface area contributed by atoms with Crippen molar-refractivity contribution in [2.45, 2.75) is 0 Å². The normalized spacial score (nSPS) is 10.7. The maximum Gasteiger partial charge on any atom is 0.148 e. The third kappa shape index (κ3) is 4.44. The van der Waals surface area contributed by atoms with Crippen molar-refractivity contribution < 1.29 is 4.74 Å². The van der Waals surface area contributed by atoms with Crippen molar-refractivity contribution in [2.75, 3.05) is 6.61 Å². The number of benzene rings is 2. The molecule has 0 radical (unpaired) electrons. The highest BCUT2D eigenvalue weighted by molar-refractivity contribution is 6.36. The zero-order valence-electron chi connectivity index (χ0n) is 11.8. The van der Waals surface area contributed by atoms with E-state index in [0.29, 0.717) is 37.5 Å². The molecule has 0 aliphatic heterocycles. The minimum Gasteiger partial charge on any atom is -0.480 e. The lowest BCUT2D eigenvalue weighted by Gasteiger charge is -2.09. The molecule has 23 heavy (non-hydrogen) atoms. The van der Waals surface area contributed by atoms with Crippen LogP contribution in [0, 0.1) is 23.7 Å². The SMILES string of the molecule is C#CCOc1ccc(Cl)cc1/C=C(\C#N)c1ccc(Cl)cc1Cl. The number of rotatable bonds is 4. The van der Waals surface area contributed by atoms with Gasteiger partial charge in [-0.15, -0.1) is 6.42 Å². The van der Waals surface area contributed by atoms with Gasteiger partial charge in [-0.25, -0.2) is 0 Å². The van der Waals surface area contributed by atoms with Crippen LogP contribution in [-0.4, -0.2) is 6.61 Å². The Morgan fingerprint density at radius 3 is 2.48 bits per heavy atom. The molecule has 2 nitrogen and oxygen atoms in total. The molecule has 0 aliphatic rings. The van der Waals surface area contributed by atoms with Crippen molar-refractivity contribution >= 4 is 46.5 Å². The molecule has 2 aromatic carbocycles. The topological polar surface area (TPSA) is 33.0 Å². The second-order valence-electron chi connectivity index (χ2n) is 4.47. The Labute approximate surface area is 149 Å². The molecular weight excluding hydrogens is 353 g/mol. The van der Waals surface area contributed by atoms with Gasteiger partial charge in [0.1, 0.15) is 12.4 Å². The highest BCUT2D eigenvalue weighted by Gasteiger charge is 2.10. The van der Waals surface area contributed by atoms with Crippen molar-refractivity contribution in [1.82, 2.24) is 0 Å². The maximum atomic E-state index is 9.45. The highest BCUT2D eigenvalue weighted by Crippen LogP contribution is 2.31. The van der Waals surface area contributed by atoms with E-state index < -0.39 is 0 Å². The van der Waals surface area contributed by atoms with E-state index in [9.17, 15) is 5.26 Å². The van der Waals surface area contributed by atoms with E-state index in [0.717, 1.165) is 0 Å². The fraction of sp³-hybridized carbons (Fsp3) is 0.0556. The van der Waals surface area contributed by atoms with Crippen molar-refractivity contribution in [2.24, 2.45) is 0 Å². The van der Waals surface area contributed by atoms with Crippen molar-refractivity contribution in [3.63, 3.8) is 0 Å². The number of hydrogen-bond acceptors (Lipinski definition) is 2. The lowest BCUT2D eigenvalue weighted by Crippen LogP contribution is -1.96. The monoisotopic (exact) mass is 361 g/mol. The maximum absolute atomic E-state index is 9.45. The summed E-state index contributed by atoms with van der Waals surface area (Å²) < 4.78 is 5.47. The second kappa shape index (κ2) is 7.95. The molecule has 0 aromatic heterocycles. The van der Waals surface area contributed by atoms with E-state index in [2.05, 4.69) is 12.0 Å². The molecule has 0 saturated heterocycles. The Kier molecular flexibility index (Phi) is 5.97. The second-order valence-corrected chi connectivity index (χ2v) is 5.75. The highest BCUT2D eigenvalue weighted by atomic mass is 35.5. The summed E-state index contributed by atoms with van der Waals surface area (Å²) >= 11 is 18.1. The third-order valence-electron chi connectivity index (χ3n) is 2.92. The van der Waals surface area contributed by atoms with Gasteiger partial charge in [0.15, 0.2) is 0 Å². The van der Waals surface area contributed by atoms with E-state index in [1.807, 2.05) is 0 Å². The third-order valence-corrected chi connectivity index (χ3v) is 3.71. The zero-order chi connectivity index (χ0) is 16.8. The molecule has 114 valence electrons. The molecule has 2 rings (SSSR count). The Bertz CT molecular complexity index is 844. The van der Waals surface area contributed by atoms with Crippen molar-refractivity contribution in [1.29, 1.82) is 5.26 Å². The van der Waals surface area contributed by atoms with E-state index in [-0.39, 0.29) is 6.61 Å². The van der Waals surface area contributed by atoms with E-state index in [1.54, 1.807) is 42.5 Å². The molecule has 0 fully saturated rings. The lowest BCUT2D eigenvalue weighted by atomic mass is 10.0. The molecule has 5 heteroatoms. The first-order valence-corrected chi connectivity index (χ1v) is 7.61. The first-order chi connectivity index (χ1) is 11.0. The predicted molar refractivity (Wildman–Crippen MR) is 95.7 cm³/mol. The molecule has 0 aliphatic carbocycles. The largest absolute Gasteiger partial charge is 0.480 e. The number of nitriles is 1. The number of allylic oxidation sites excluding steroid dienone is 1. The van der Waals surface area contributed by atoms with Crippen LogP contribution < -0.4 is 4.74 Å². The summed E-state index contributed by atoms with van der Waals surface area (Å²) in [6, 6.07) is 12.1. The lowest BCUT2D eigenvalue weighted by molar-refractivity contribution is 0.369. The van der Waals surface area contributed by atoms with Crippen LogP contribution in [0.3, 0.4) is 0 Å². The Morgan fingerprint density at radius 1 is 1.13 bits per heavy atom. The van der Waals surface area contributed by atoms with Gasteiger partial charge in [0.2, 0.25) is 0 Å². The number of ether oxygens (including phenoxy) is 1. The average Bonchev–Trinajstić information content (AvgIpc) is 2.52. The Balaban J connectivity index is 2.52. The first kappa shape index (κ1) is 17.3. The summed E-state index contributed by atoms with van der Waals surface area (Å²) in [5, 5.41) is 10.9. The Hall–Kier alpha value is -2.10. The van der Waals surface area contributed by atoms with Gasteiger partial charge in [-0.3, -0.25) is 0 Å².